The van der Waals surface area contributed by atoms with E-state index in [4.69, 9.17) is 5.73 Å². The van der Waals surface area contributed by atoms with Crippen LogP contribution in [0.3, 0.4) is 0 Å². The fraction of sp³-hybridized carbons (Fsp3) is 0. The molecule has 0 saturated carbocycles. The molecule has 2 aromatic rings. The zero-order valence-corrected chi connectivity index (χ0v) is 8.70. The zero-order valence-electron chi connectivity index (χ0n) is 8.70. The summed E-state index contributed by atoms with van der Waals surface area (Å²) in [5.41, 5.74) is 6.26. The van der Waals surface area contributed by atoms with E-state index in [-0.39, 0.29) is 28.3 Å². The second-order valence-electron chi connectivity index (χ2n) is 3.39. The lowest BCUT2D eigenvalue weighted by Crippen LogP contribution is -1.96. The summed E-state index contributed by atoms with van der Waals surface area (Å²) in [5, 5.41) is 20.6. The van der Waals surface area contributed by atoms with Crippen LogP contribution in [0.5, 0.6) is 5.75 Å². The number of nitro groups is 1. The highest BCUT2D eigenvalue weighted by Crippen LogP contribution is 2.38. The molecule has 0 unspecified atom stereocenters. The summed E-state index contributed by atoms with van der Waals surface area (Å²) < 4.78 is 0. The molecule has 86 valence electrons. The van der Waals surface area contributed by atoms with Crippen LogP contribution in [0.4, 0.5) is 11.4 Å². The fourth-order valence-corrected chi connectivity index (χ4v) is 1.59. The number of nitrogens with two attached hydrogens (primary N) is 1. The molecule has 0 amide bonds. The molecular weight excluding hydrogens is 222 g/mol. The van der Waals surface area contributed by atoms with Gasteiger partial charge in [-0.05, 0) is 12.1 Å². The van der Waals surface area contributed by atoms with Crippen molar-refractivity contribution in [2.75, 3.05) is 5.73 Å². The molecule has 0 aliphatic rings. The highest BCUT2D eigenvalue weighted by atomic mass is 16.6. The molecule has 1 aromatic carbocycles. The van der Waals surface area contributed by atoms with Crippen LogP contribution in [0.2, 0.25) is 0 Å². The maximum Gasteiger partial charge on any atom is 0.280 e. The van der Waals surface area contributed by atoms with E-state index in [1.807, 2.05) is 0 Å². The Morgan fingerprint density at radius 1 is 1.35 bits per heavy atom. The van der Waals surface area contributed by atoms with Crippen LogP contribution in [0, 0.1) is 10.1 Å². The van der Waals surface area contributed by atoms with Crippen molar-refractivity contribution < 1.29 is 10.0 Å². The van der Waals surface area contributed by atoms with Gasteiger partial charge in [0.1, 0.15) is 5.75 Å². The van der Waals surface area contributed by atoms with Gasteiger partial charge in [0.25, 0.3) is 5.69 Å². The summed E-state index contributed by atoms with van der Waals surface area (Å²) in [6, 6.07) is 5.81. The molecule has 0 radical (unpaired) electrons. The second kappa shape index (κ2) is 4.09. The van der Waals surface area contributed by atoms with Gasteiger partial charge >= 0.3 is 0 Å². The van der Waals surface area contributed by atoms with Crippen molar-refractivity contribution in [3.05, 3.63) is 46.8 Å². The Labute approximate surface area is 96.5 Å². The average molecular weight is 231 g/mol. The van der Waals surface area contributed by atoms with Crippen molar-refractivity contribution in [2.45, 2.75) is 0 Å². The first-order chi connectivity index (χ1) is 8.11. The van der Waals surface area contributed by atoms with E-state index in [2.05, 4.69) is 4.98 Å². The molecule has 6 heteroatoms. The Kier molecular flexibility index (Phi) is 2.61. The maximum absolute atomic E-state index is 10.9. The summed E-state index contributed by atoms with van der Waals surface area (Å²) in [7, 11) is 0. The number of phenols is 1. The highest BCUT2D eigenvalue weighted by molar-refractivity contribution is 5.86. The van der Waals surface area contributed by atoms with Gasteiger partial charge in [-0.25, -0.2) is 0 Å². The Hall–Kier alpha value is -2.63. The highest BCUT2D eigenvalue weighted by Gasteiger charge is 2.19. The minimum Gasteiger partial charge on any atom is -0.507 e. The second-order valence-corrected chi connectivity index (χ2v) is 3.39. The Morgan fingerprint density at radius 3 is 2.76 bits per heavy atom. The Morgan fingerprint density at radius 2 is 2.12 bits per heavy atom. The van der Waals surface area contributed by atoms with E-state index in [9.17, 15) is 15.2 Å². The third-order valence-corrected chi connectivity index (χ3v) is 2.34. The topological polar surface area (TPSA) is 102 Å². The van der Waals surface area contributed by atoms with Crippen LogP contribution < -0.4 is 5.73 Å². The van der Waals surface area contributed by atoms with Crippen molar-refractivity contribution in [3.63, 3.8) is 0 Å². The lowest BCUT2D eigenvalue weighted by Gasteiger charge is -2.07. The smallest absolute Gasteiger partial charge is 0.280 e. The van der Waals surface area contributed by atoms with Gasteiger partial charge in [-0.2, -0.15) is 0 Å². The van der Waals surface area contributed by atoms with Crippen LogP contribution in [-0.4, -0.2) is 15.0 Å². The summed E-state index contributed by atoms with van der Waals surface area (Å²) in [4.78, 5) is 14.1. The first-order valence-corrected chi connectivity index (χ1v) is 4.77. The van der Waals surface area contributed by atoms with Gasteiger partial charge in [0, 0.05) is 24.1 Å². The third-order valence-electron chi connectivity index (χ3n) is 2.34. The molecule has 0 saturated heterocycles. The van der Waals surface area contributed by atoms with Crippen LogP contribution >= 0.6 is 0 Å². The number of nitrogen functional groups attached to an aromatic ring is 1. The number of aromatic nitrogens is 1. The summed E-state index contributed by atoms with van der Waals surface area (Å²) in [6.45, 7) is 0. The number of nitrogens with zero attached hydrogens (tertiary/aromatic N) is 2. The van der Waals surface area contributed by atoms with Gasteiger partial charge < -0.3 is 10.8 Å². The fourth-order valence-electron chi connectivity index (χ4n) is 1.59. The Balaban J connectivity index is 2.73. The zero-order chi connectivity index (χ0) is 12.4. The van der Waals surface area contributed by atoms with Gasteiger partial charge in [0.05, 0.1) is 16.1 Å². The van der Waals surface area contributed by atoms with E-state index in [0.717, 1.165) is 0 Å². The number of hydrogen-bond acceptors (Lipinski definition) is 5. The van der Waals surface area contributed by atoms with Crippen molar-refractivity contribution in [2.24, 2.45) is 0 Å². The maximum atomic E-state index is 10.9. The number of benzene rings is 1. The van der Waals surface area contributed by atoms with Gasteiger partial charge in [0.2, 0.25) is 0 Å². The number of hydrogen-bond donors (Lipinski definition) is 2. The molecule has 0 aliphatic carbocycles. The lowest BCUT2D eigenvalue weighted by molar-refractivity contribution is -0.384. The van der Waals surface area contributed by atoms with Gasteiger partial charge in [-0.15, -0.1) is 0 Å². The van der Waals surface area contributed by atoms with Gasteiger partial charge in [0.15, 0.2) is 0 Å². The quantitative estimate of drug-likeness (QED) is 0.467. The van der Waals surface area contributed by atoms with Crippen LogP contribution in [-0.2, 0) is 0 Å². The monoisotopic (exact) mass is 231 g/mol. The van der Waals surface area contributed by atoms with Crippen molar-refractivity contribution in [1.82, 2.24) is 4.98 Å². The molecule has 1 aromatic heterocycles. The van der Waals surface area contributed by atoms with Crippen LogP contribution in [0.25, 0.3) is 11.1 Å². The lowest BCUT2D eigenvalue weighted by atomic mass is 10.0. The summed E-state index contributed by atoms with van der Waals surface area (Å²) in [6.07, 6.45) is 2.63. The minimum absolute atomic E-state index is 0.110. The molecule has 6 nitrogen and oxygen atoms in total. The van der Waals surface area contributed by atoms with E-state index < -0.39 is 4.92 Å². The predicted molar refractivity (Wildman–Crippen MR) is 62.4 cm³/mol. The number of aromatic hydroxyl groups is 1. The first-order valence-electron chi connectivity index (χ1n) is 4.77. The number of pyridine rings is 1. The van der Waals surface area contributed by atoms with E-state index in [1.54, 1.807) is 12.1 Å². The molecule has 1 heterocycles. The number of anilines is 1. The largest absolute Gasteiger partial charge is 0.507 e. The van der Waals surface area contributed by atoms with Crippen molar-refractivity contribution >= 4 is 11.4 Å². The van der Waals surface area contributed by atoms with E-state index >= 15 is 0 Å². The Bertz CT molecular complexity index is 564. The third kappa shape index (κ3) is 1.87. The SMILES string of the molecule is Nc1cccc(O)c1-c1cnccc1[N+](=O)[O-]. The van der Waals surface area contributed by atoms with Crippen LogP contribution in [0.15, 0.2) is 36.7 Å². The number of rotatable bonds is 2. The normalized spacial score (nSPS) is 10.1. The summed E-state index contributed by atoms with van der Waals surface area (Å²) in [5.74, 6) is -0.110. The minimum atomic E-state index is -0.539. The molecule has 0 atom stereocenters. The molecule has 2 rings (SSSR count). The molecule has 0 fully saturated rings. The molecule has 17 heavy (non-hydrogen) atoms. The predicted octanol–water partition coefficient (Wildman–Crippen LogP) is 1.94. The molecule has 0 bridgehead atoms. The summed E-state index contributed by atoms with van der Waals surface area (Å²) >= 11 is 0. The average Bonchev–Trinajstić information content (AvgIpc) is 2.29. The molecule has 3 N–H and O–H groups in total. The molecule has 0 aliphatic heterocycles. The van der Waals surface area contributed by atoms with Gasteiger partial charge in [-0.3, -0.25) is 15.1 Å². The standard InChI is InChI=1S/C11H9N3O3/c12-8-2-1-3-10(15)11(8)7-6-13-5-4-9(7)14(16)17/h1-6,15H,12H2. The first kappa shape index (κ1) is 10.9. The van der Waals surface area contributed by atoms with Crippen molar-refractivity contribution in [1.29, 1.82) is 0 Å². The van der Waals surface area contributed by atoms with Crippen LogP contribution in [0.1, 0.15) is 0 Å². The number of phenolic OH excluding ortho intramolecular Hbond substituents is 1. The van der Waals surface area contributed by atoms with Gasteiger partial charge in [-0.1, -0.05) is 6.07 Å². The molecule has 0 spiro atoms. The van der Waals surface area contributed by atoms with E-state index in [0.29, 0.717) is 0 Å². The van der Waals surface area contributed by atoms with Crippen molar-refractivity contribution in [3.8, 4) is 16.9 Å². The molecular formula is C11H9N3O3. The van der Waals surface area contributed by atoms with E-state index in [1.165, 1.54) is 24.5 Å².